The van der Waals surface area contributed by atoms with E-state index in [0.29, 0.717) is 6.10 Å². The van der Waals surface area contributed by atoms with Crippen molar-refractivity contribution in [1.29, 1.82) is 0 Å². The molecule has 0 N–H and O–H groups in total. The molecule has 0 bridgehead atoms. The van der Waals surface area contributed by atoms with Gasteiger partial charge in [-0.1, -0.05) is 5.92 Å². The number of rotatable bonds is 2. The molecule has 1 heterocycles. The molecule has 1 saturated heterocycles. The van der Waals surface area contributed by atoms with E-state index in [1.54, 1.807) is 0 Å². The second kappa shape index (κ2) is 5.58. The lowest BCUT2D eigenvalue weighted by Crippen LogP contribution is -2.25. The summed E-state index contributed by atoms with van der Waals surface area (Å²) < 4.78 is 10.8. The van der Waals surface area contributed by atoms with Crippen LogP contribution in [-0.2, 0) is 9.47 Å². The van der Waals surface area contributed by atoms with Crippen molar-refractivity contribution < 1.29 is 9.47 Å². The Morgan fingerprint density at radius 3 is 2.75 bits per heavy atom. The van der Waals surface area contributed by atoms with Gasteiger partial charge in [-0.25, -0.2) is 0 Å². The van der Waals surface area contributed by atoms with Gasteiger partial charge in [0, 0.05) is 13.2 Å². The Morgan fingerprint density at radius 1 is 1.50 bits per heavy atom. The minimum atomic E-state index is -0.120. The summed E-state index contributed by atoms with van der Waals surface area (Å²) in [5.41, 5.74) is 0. The molecule has 1 aliphatic rings. The average Bonchev–Trinajstić information content (AvgIpc) is 2.06. The Hall–Kier alpha value is -0.0400. The van der Waals surface area contributed by atoms with Gasteiger partial charge in [-0.3, -0.25) is 0 Å². The van der Waals surface area contributed by atoms with Crippen LogP contribution in [0.25, 0.3) is 0 Å². The van der Waals surface area contributed by atoms with Crippen LogP contribution in [0.15, 0.2) is 0 Å². The SMILES string of the molecule is CC#CC(Br)OC1CCOCC1. The molecular formula is C9H13BrO2. The Kier molecular flexibility index (Phi) is 4.67. The molecule has 1 rings (SSSR count). The van der Waals surface area contributed by atoms with E-state index in [1.807, 2.05) is 6.92 Å². The molecular weight excluding hydrogens is 220 g/mol. The lowest BCUT2D eigenvalue weighted by molar-refractivity contribution is -0.0273. The summed E-state index contributed by atoms with van der Waals surface area (Å²) in [5.74, 6) is 5.70. The van der Waals surface area contributed by atoms with Gasteiger partial charge >= 0.3 is 0 Å². The molecule has 3 heteroatoms. The van der Waals surface area contributed by atoms with Gasteiger partial charge in [-0.05, 0) is 35.7 Å². The van der Waals surface area contributed by atoms with Crippen LogP contribution in [-0.4, -0.2) is 24.3 Å². The summed E-state index contributed by atoms with van der Waals surface area (Å²) in [6.07, 6.45) is 2.27. The first-order valence-electron chi connectivity index (χ1n) is 4.12. The van der Waals surface area contributed by atoms with Crippen molar-refractivity contribution in [2.75, 3.05) is 13.2 Å². The number of halogens is 1. The zero-order valence-electron chi connectivity index (χ0n) is 7.18. The number of hydrogen-bond acceptors (Lipinski definition) is 2. The van der Waals surface area contributed by atoms with Gasteiger partial charge in [0.25, 0.3) is 0 Å². The molecule has 0 aromatic rings. The van der Waals surface area contributed by atoms with Crippen molar-refractivity contribution in [1.82, 2.24) is 0 Å². The number of ether oxygens (including phenoxy) is 2. The average molecular weight is 233 g/mol. The van der Waals surface area contributed by atoms with Crippen LogP contribution in [0, 0.1) is 11.8 Å². The minimum Gasteiger partial charge on any atom is -0.381 e. The maximum absolute atomic E-state index is 5.59. The highest BCUT2D eigenvalue weighted by Crippen LogP contribution is 2.14. The van der Waals surface area contributed by atoms with Crippen LogP contribution in [0.3, 0.4) is 0 Å². The van der Waals surface area contributed by atoms with Gasteiger partial charge in [-0.2, -0.15) is 0 Å². The Morgan fingerprint density at radius 2 is 2.17 bits per heavy atom. The van der Waals surface area contributed by atoms with Gasteiger partial charge < -0.3 is 9.47 Å². The van der Waals surface area contributed by atoms with Crippen molar-refractivity contribution in [2.24, 2.45) is 0 Å². The molecule has 0 aromatic carbocycles. The van der Waals surface area contributed by atoms with E-state index in [-0.39, 0.29) is 5.01 Å². The minimum absolute atomic E-state index is 0.120. The smallest absolute Gasteiger partial charge is 0.173 e. The lowest BCUT2D eigenvalue weighted by atomic mass is 10.2. The van der Waals surface area contributed by atoms with Crippen LogP contribution >= 0.6 is 15.9 Å². The summed E-state index contributed by atoms with van der Waals surface area (Å²) in [5, 5.41) is -0.120. The van der Waals surface area contributed by atoms with Crippen molar-refractivity contribution in [2.45, 2.75) is 30.9 Å². The molecule has 0 aliphatic carbocycles. The fourth-order valence-electron chi connectivity index (χ4n) is 1.13. The van der Waals surface area contributed by atoms with Crippen molar-refractivity contribution in [3.63, 3.8) is 0 Å². The first-order valence-corrected chi connectivity index (χ1v) is 5.04. The molecule has 1 unspecified atom stereocenters. The van der Waals surface area contributed by atoms with Crippen LogP contribution < -0.4 is 0 Å². The topological polar surface area (TPSA) is 18.5 Å². The van der Waals surface area contributed by atoms with Crippen LogP contribution in [0.1, 0.15) is 19.8 Å². The van der Waals surface area contributed by atoms with Crippen molar-refractivity contribution in [3.05, 3.63) is 0 Å². The van der Waals surface area contributed by atoms with Crippen molar-refractivity contribution in [3.8, 4) is 11.8 Å². The normalized spacial score (nSPS) is 21.2. The molecule has 12 heavy (non-hydrogen) atoms. The van der Waals surface area contributed by atoms with E-state index in [2.05, 4.69) is 27.8 Å². The highest BCUT2D eigenvalue weighted by molar-refractivity contribution is 9.09. The second-order valence-corrected chi connectivity index (χ2v) is 3.49. The summed E-state index contributed by atoms with van der Waals surface area (Å²) in [7, 11) is 0. The molecule has 0 aromatic heterocycles. The Labute approximate surface area is 81.7 Å². The predicted molar refractivity (Wildman–Crippen MR) is 51.1 cm³/mol. The number of alkyl halides is 1. The highest BCUT2D eigenvalue weighted by atomic mass is 79.9. The van der Waals surface area contributed by atoms with Gasteiger partial charge in [-0.15, -0.1) is 5.92 Å². The largest absolute Gasteiger partial charge is 0.381 e. The van der Waals surface area contributed by atoms with E-state index in [4.69, 9.17) is 9.47 Å². The quantitative estimate of drug-likeness (QED) is 0.536. The summed E-state index contributed by atoms with van der Waals surface area (Å²) in [4.78, 5) is 0. The van der Waals surface area contributed by atoms with Crippen LogP contribution in [0.2, 0.25) is 0 Å². The second-order valence-electron chi connectivity index (χ2n) is 2.66. The van der Waals surface area contributed by atoms with Crippen LogP contribution in [0.5, 0.6) is 0 Å². The molecule has 1 aliphatic heterocycles. The van der Waals surface area contributed by atoms with E-state index in [1.165, 1.54) is 0 Å². The molecule has 1 atom stereocenters. The third-order valence-corrected chi connectivity index (χ3v) is 2.18. The highest BCUT2D eigenvalue weighted by Gasteiger charge is 2.16. The molecule has 68 valence electrons. The third-order valence-electron chi connectivity index (χ3n) is 1.74. The molecule has 2 nitrogen and oxygen atoms in total. The maximum Gasteiger partial charge on any atom is 0.173 e. The maximum atomic E-state index is 5.59. The summed E-state index contributed by atoms with van der Waals surface area (Å²) in [6.45, 7) is 3.43. The Balaban J connectivity index is 2.22. The van der Waals surface area contributed by atoms with Crippen LogP contribution in [0.4, 0.5) is 0 Å². The molecule has 0 saturated carbocycles. The summed E-state index contributed by atoms with van der Waals surface area (Å²) >= 11 is 3.34. The Bertz CT molecular complexity index is 177. The molecule has 0 spiro atoms. The van der Waals surface area contributed by atoms with Gasteiger partial charge in [0.2, 0.25) is 0 Å². The standard InChI is InChI=1S/C9H13BrO2/c1-2-3-9(10)12-8-4-6-11-7-5-8/h8-9H,4-7H2,1H3. The summed E-state index contributed by atoms with van der Waals surface area (Å²) in [6, 6.07) is 0. The molecule has 0 amide bonds. The van der Waals surface area contributed by atoms with E-state index in [9.17, 15) is 0 Å². The van der Waals surface area contributed by atoms with E-state index >= 15 is 0 Å². The lowest BCUT2D eigenvalue weighted by Gasteiger charge is -2.23. The van der Waals surface area contributed by atoms with E-state index < -0.39 is 0 Å². The van der Waals surface area contributed by atoms with Gasteiger partial charge in [0.05, 0.1) is 6.10 Å². The zero-order valence-corrected chi connectivity index (χ0v) is 8.76. The van der Waals surface area contributed by atoms with Crippen molar-refractivity contribution >= 4 is 15.9 Å². The first-order chi connectivity index (χ1) is 5.83. The zero-order chi connectivity index (χ0) is 8.81. The fraction of sp³-hybridized carbons (Fsp3) is 0.778. The monoisotopic (exact) mass is 232 g/mol. The van der Waals surface area contributed by atoms with Gasteiger partial charge in [0.1, 0.15) is 0 Å². The van der Waals surface area contributed by atoms with E-state index in [0.717, 1.165) is 26.1 Å². The van der Waals surface area contributed by atoms with Gasteiger partial charge in [0.15, 0.2) is 5.01 Å². The first kappa shape index (κ1) is 10.0. The third kappa shape index (κ3) is 3.57. The molecule has 1 fully saturated rings. The molecule has 0 radical (unpaired) electrons. The fourth-order valence-corrected chi connectivity index (χ4v) is 1.66. The number of hydrogen-bond donors (Lipinski definition) is 0. The predicted octanol–water partition coefficient (Wildman–Crippen LogP) is 1.93.